The Hall–Kier alpha value is -2.31. The molecule has 0 bridgehead atoms. The lowest BCUT2D eigenvalue weighted by molar-refractivity contribution is 0.0511. The van der Waals surface area contributed by atoms with E-state index in [2.05, 4.69) is 66.6 Å². The molecule has 29 heavy (non-hydrogen) atoms. The van der Waals surface area contributed by atoms with Gasteiger partial charge in [-0.3, -0.25) is 0 Å². The average Bonchev–Trinajstić information content (AvgIpc) is 3.07. The summed E-state index contributed by atoms with van der Waals surface area (Å²) in [5.74, 6) is 0.823. The summed E-state index contributed by atoms with van der Waals surface area (Å²) in [6.07, 6.45) is 1.04. The zero-order valence-electron chi connectivity index (χ0n) is 17.7. The molecule has 0 radical (unpaired) electrons. The van der Waals surface area contributed by atoms with E-state index in [9.17, 15) is 0 Å². The fraction of sp³-hybridized carbons (Fsp3) is 0.435. The summed E-state index contributed by atoms with van der Waals surface area (Å²) in [5, 5.41) is 7.27. The van der Waals surface area contributed by atoms with E-state index < -0.39 is 0 Å². The highest BCUT2D eigenvalue weighted by Gasteiger charge is 2.20. The molecule has 1 aliphatic heterocycles. The minimum absolute atomic E-state index is 0.193. The summed E-state index contributed by atoms with van der Waals surface area (Å²) < 4.78 is 10.4. The van der Waals surface area contributed by atoms with Gasteiger partial charge in [-0.1, -0.05) is 32.9 Å². The number of fused-ring (bicyclic) bond motifs is 1. The quantitative estimate of drug-likeness (QED) is 0.512. The van der Waals surface area contributed by atoms with Crippen molar-refractivity contribution in [2.24, 2.45) is 5.41 Å². The monoisotopic (exact) mass is 413 g/mol. The topological polar surface area (TPSA) is 45.8 Å². The fourth-order valence-corrected chi connectivity index (χ4v) is 3.46. The lowest BCUT2D eigenvalue weighted by atomic mass is 9.97. The average molecular weight is 414 g/mol. The summed E-state index contributed by atoms with van der Waals surface area (Å²) in [6, 6.07) is 14.7. The molecule has 3 rings (SSSR count). The van der Waals surface area contributed by atoms with Crippen LogP contribution in [0.25, 0.3) is 0 Å². The van der Waals surface area contributed by atoms with Crippen molar-refractivity contribution in [2.75, 3.05) is 37.2 Å². The van der Waals surface area contributed by atoms with E-state index in [0.717, 1.165) is 37.5 Å². The number of methoxy groups -OCH3 is 1. The first kappa shape index (κ1) is 21.4. The molecule has 2 aromatic carbocycles. The van der Waals surface area contributed by atoms with Crippen LogP contribution >= 0.6 is 12.2 Å². The molecule has 5 nitrogen and oxygen atoms in total. The Kier molecular flexibility index (Phi) is 6.98. The molecule has 0 spiro atoms. The van der Waals surface area contributed by atoms with Gasteiger partial charge in [0.15, 0.2) is 11.9 Å². The van der Waals surface area contributed by atoms with Gasteiger partial charge in [-0.15, -0.1) is 0 Å². The number of ether oxygens (including phenoxy) is 2. The third-order valence-corrected chi connectivity index (χ3v) is 5.00. The number of anilines is 2. The van der Waals surface area contributed by atoms with Crippen LogP contribution in [0.2, 0.25) is 0 Å². The second-order valence-electron chi connectivity index (χ2n) is 8.58. The van der Waals surface area contributed by atoms with E-state index in [1.807, 2.05) is 12.1 Å². The van der Waals surface area contributed by atoms with Crippen molar-refractivity contribution in [2.45, 2.75) is 33.7 Å². The SMILES string of the molecule is COCOc1ccc(CN2CCc3cc(NC(=S)NCC(C)(C)C)ccc32)cc1. The number of benzene rings is 2. The molecule has 156 valence electrons. The van der Waals surface area contributed by atoms with Crippen LogP contribution in [-0.4, -0.2) is 32.1 Å². The molecule has 0 fully saturated rings. The minimum Gasteiger partial charge on any atom is -0.468 e. The Balaban J connectivity index is 1.58. The molecule has 6 heteroatoms. The van der Waals surface area contributed by atoms with Gasteiger partial charge in [-0.2, -0.15) is 0 Å². The van der Waals surface area contributed by atoms with Crippen LogP contribution in [0.3, 0.4) is 0 Å². The van der Waals surface area contributed by atoms with Crippen LogP contribution in [0.4, 0.5) is 11.4 Å². The van der Waals surface area contributed by atoms with Crippen molar-refractivity contribution < 1.29 is 9.47 Å². The maximum Gasteiger partial charge on any atom is 0.188 e. The van der Waals surface area contributed by atoms with Crippen molar-refractivity contribution in [3.05, 3.63) is 53.6 Å². The molecule has 0 unspecified atom stereocenters. The van der Waals surface area contributed by atoms with E-state index in [0.29, 0.717) is 5.11 Å². The van der Waals surface area contributed by atoms with Gasteiger partial charge in [-0.05, 0) is 65.5 Å². The lowest BCUT2D eigenvalue weighted by Crippen LogP contribution is -2.35. The second-order valence-corrected chi connectivity index (χ2v) is 8.99. The van der Waals surface area contributed by atoms with Crippen molar-refractivity contribution in [3.63, 3.8) is 0 Å². The van der Waals surface area contributed by atoms with Gasteiger partial charge in [0, 0.05) is 38.1 Å². The van der Waals surface area contributed by atoms with Crippen LogP contribution in [0, 0.1) is 5.41 Å². The zero-order chi connectivity index (χ0) is 20.9. The summed E-state index contributed by atoms with van der Waals surface area (Å²) >= 11 is 5.43. The first-order valence-electron chi connectivity index (χ1n) is 9.97. The van der Waals surface area contributed by atoms with Crippen LogP contribution in [-0.2, 0) is 17.7 Å². The van der Waals surface area contributed by atoms with E-state index in [-0.39, 0.29) is 12.2 Å². The van der Waals surface area contributed by atoms with Gasteiger partial charge in [0.25, 0.3) is 0 Å². The second kappa shape index (κ2) is 9.46. The Bertz CT molecular complexity index is 831. The molecule has 0 aliphatic carbocycles. The molecule has 1 aliphatic rings. The minimum atomic E-state index is 0.193. The van der Waals surface area contributed by atoms with Crippen molar-refractivity contribution in [1.29, 1.82) is 0 Å². The molecule has 0 saturated heterocycles. The molecule has 0 atom stereocenters. The first-order valence-corrected chi connectivity index (χ1v) is 10.4. The van der Waals surface area contributed by atoms with Crippen LogP contribution in [0.5, 0.6) is 5.75 Å². The van der Waals surface area contributed by atoms with Crippen LogP contribution in [0.1, 0.15) is 31.9 Å². The van der Waals surface area contributed by atoms with Crippen molar-refractivity contribution in [1.82, 2.24) is 5.32 Å². The largest absolute Gasteiger partial charge is 0.468 e. The molecule has 2 N–H and O–H groups in total. The third-order valence-electron chi connectivity index (χ3n) is 4.75. The van der Waals surface area contributed by atoms with Crippen LogP contribution in [0.15, 0.2) is 42.5 Å². The third kappa shape index (κ3) is 6.34. The van der Waals surface area contributed by atoms with E-state index >= 15 is 0 Å². The maximum atomic E-state index is 5.46. The molecule has 0 saturated carbocycles. The first-order chi connectivity index (χ1) is 13.8. The summed E-state index contributed by atoms with van der Waals surface area (Å²) in [5.41, 5.74) is 5.14. The van der Waals surface area contributed by atoms with Crippen LogP contribution < -0.4 is 20.3 Å². The van der Waals surface area contributed by atoms with Gasteiger partial charge < -0.3 is 25.0 Å². The molecular formula is C23H31N3O2S. The summed E-state index contributed by atoms with van der Waals surface area (Å²) in [6.45, 7) is 9.58. The van der Waals surface area contributed by atoms with E-state index in [1.54, 1.807) is 7.11 Å². The number of nitrogens with one attached hydrogen (secondary N) is 2. The number of hydrogen-bond acceptors (Lipinski definition) is 4. The van der Waals surface area contributed by atoms with E-state index in [4.69, 9.17) is 21.7 Å². The normalized spacial score (nSPS) is 13.2. The molecule has 0 amide bonds. The smallest absolute Gasteiger partial charge is 0.188 e. The Morgan fingerprint density at radius 2 is 1.90 bits per heavy atom. The van der Waals surface area contributed by atoms with Gasteiger partial charge >= 0.3 is 0 Å². The Morgan fingerprint density at radius 3 is 2.59 bits per heavy atom. The van der Waals surface area contributed by atoms with Crippen molar-refractivity contribution in [3.8, 4) is 5.75 Å². The standard InChI is InChI=1S/C23H31N3O2S/c1-23(2,3)15-24-22(29)25-19-7-10-21-18(13-19)11-12-26(21)14-17-5-8-20(9-6-17)28-16-27-4/h5-10,13H,11-12,14-16H2,1-4H3,(H2,24,25,29). The van der Waals surface area contributed by atoms with Gasteiger partial charge in [0.2, 0.25) is 0 Å². The zero-order valence-corrected chi connectivity index (χ0v) is 18.6. The molecular weight excluding hydrogens is 382 g/mol. The van der Waals surface area contributed by atoms with Gasteiger partial charge in [0.05, 0.1) is 0 Å². The number of rotatable bonds is 7. The predicted octanol–water partition coefficient (Wildman–Crippen LogP) is 4.56. The Morgan fingerprint density at radius 1 is 1.14 bits per heavy atom. The number of nitrogens with zero attached hydrogens (tertiary/aromatic N) is 1. The van der Waals surface area contributed by atoms with Crippen molar-refractivity contribution >= 4 is 28.7 Å². The number of hydrogen-bond donors (Lipinski definition) is 2. The predicted molar refractivity (Wildman–Crippen MR) is 124 cm³/mol. The summed E-state index contributed by atoms with van der Waals surface area (Å²) in [4.78, 5) is 2.42. The van der Waals surface area contributed by atoms with Gasteiger partial charge in [0.1, 0.15) is 5.75 Å². The Labute approximate surface area is 179 Å². The maximum absolute atomic E-state index is 5.46. The highest BCUT2D eigenvalue weighted by Crippen LogP contribution is 2.32. The number of thiocarbonyl (C=S) groups is 1. The molecule has 2 aromatic rings. The molecule has 1 heterocycles. The lowest BCUT2D eigenvalue weighted by Gasteiger charge is -2.21. The molecule has 0 aromatic heterocycles. The fourth-order valence-electron chi connectivity index (χ4n) is 3.27. The highest BCUT2D eigenvalue weighted by atomic mass is 32.1. The van der Waals surface area contributed by atoms with E-state index in [1.165, 1.54) is 16.8 Å². The van der Waals surface area contributed by atoms with Gasteiger partial charge in [-0.25, -0.2) is 0 Å². The highest BCUT2D eigenvalue weighted by molar-refractivity contribution is 7.80. The summed E-state index contributed by atoms with van der Waals surface area (Å²) in [7, 11) is 1.62.